The molecule has 0 N–H and O–H groups in total. The van der Waals surface area contributed by atoms with E-state index in [2.05, 4.69) is 15.9 Å². The van der Waals surface area contributed by atoms with E-state index in [9.17, 15) is 0 Å². The Labute approximate surface area is 124 Å². The summed E-state index contributed by atoms with van der Waals surface area (Å²) in [6, 6.07) is 11.3. The molecular formula is C13H8BrCl3. The van der Waals surface area contributed by atoms with Gasteiger partial charge in [0.15, 0.2) is 0 Å². The molecule has 0 aliphatic rings. The number of rotatable bonds is 2. The number of benzene rings is 2. The molecule has 0 aliphatic heterocycles. The second-order valence-corrected chi connectivity index (χ2v) is 5.38. The second-order valence-electron chi connectivity index (χ2n) is 3.57. The summed E-state index contributed by atoms with van der Waals surface area (Å²) in [7, 11) is 0. The Bertz CT molecular complexity index is 532. The maximum atomic E-state index is 6.33. The summed E-state index contributed by atoms with van der Waals surface area (Å²) in [5.41, 5.74) is 2.91. The summed E-state index contributed by atoms with van der Waals surface area (Å²) in [5.74, 6) is 0. The van der Waals surface area contributed by atoms with Crippen molar-refractivity contribution < 1.29 is 0 Å². The van der Waals surface area contributed by atoms with Crippen LogP contribution in [0.5, 0.6) is 0 Å². The highest BCUT2D eigenvalue weighted by Crippen LogP contribution is 2.34. The molecule has 0 aliphatic carbocycles. The van der Waals surface area contributed by atoms with Crippen molar-refractivity contribution in [2.45, 2.75) is 5.33 Å². The van der Waals surface area contributed by atoms with Crippen molar-refractivity contribution in [2.24, 2.45) is 0 Å². The van der Waals surface area contributed by atoms with E-state index in [-0.39, 0.29) is 0 Å². The fourth-order valence-corrected chi connectivity index (χ4v) is 3.07. The zero-order valence-electron chi connectivity index (χ0n) is 8.68. The van der Waals surface area contributed by atoms with Gasteiger partial charge in [-0.1, -0.05) is 68.9 Å². The summed E-state index contributed by atoms with van der Waals surface area (Å²) < 4.78 is 0. The highest BCUT2D eigenvalue weighted by molar-refractivity contribution is 9.08. The Morgan fingerprint density at radius 1 is 0.941 bits per heavy atom. The van der Waals surface area contributed by atoms with E-state index in [1.165, 1.54) is 0 Å². The van der Waals surface area contributed by atoms with Gasteiger partial charge in [0.05, 0.1) is 5.02 Å². The monoisotopic (exact) mass is 348 g/mol. The largest absolute Gasteiger partial charge is 0.0876 e. The third-order valence-corrected chi connectivity index (χ3v) is 3.88. The molecule has 2 rings (SSSR count). The summed E-state index contributed by atoms with van der Waals surface area (Å²) in [4.78, 5) is 0. The van der Waals surface area contributed by atoms with Gasteiger partial charge in [-0.3, -0.25) is 0 Å². The van der Waals surface area contributed by atoms with Gasteiger partial charge in [-0.2, -0.15) is 0 Å². The van der Waals surface area contributed by atoms with E-state index in [1.54, 1.807) is 6.07 Å². The molecule has 0 unspecified atom stereocenters. The molecule has 2 aromatic rings. The maximum absolute atomic E-state index is 6.33. The predicted molar refractivity (Wildman–Crippen MR) is 79.5 cm³/mol. The summed E-state index contributed by atoms with van der Waals surface area (Å²) in [6.45, 7) is 0. The molecular weight excluding hydrogens is 342 g/mol. The van der Waals surface area contributed by atoms with Crippen molar-refractivity contribution in [3.63, 3.8) is 0 Å². The quantitative estimate of drug-likeness (QED) is 0.565. The van der Waals surface area contributed by atoms with E-state index < -0.39 is 0 Å². The SMILES string of the molecule is Clc1cc(Cl)cc(-c2cccc(CBr)c2Cl)c1. The van der Waals surface area contributed by atoms with Crippen LogP contribution in [0.1, 0.15) is 5.56 Å². The van der Waals surface area contributed by atoms with Crippen LogP contribution in [0.25, 0.3) is 11.1 Å². The van der Waals surface area contributed by atoms with Gasteiger partial charge in [-0.15, -0.1) is 0 Å². The number of hydrogen-bond donors (Lipinski definition) is 0. The lowest BCUT2D eigenvalue weighted by atomic mass is 10.0. The van der Waals surface area contributed by atoms with E-state index in [4.69, 9.17) is 34.8 Å². The molecule has 0 spiro atoms. The Morgan fingerprint density at radius 2 is 1.59 bits per heavy atom. The standard InChI is InChI=1S/C13H8BrCl3/c14-7-8-2-1-3-12(13(8)17)9-4-10(15)6-11(16)5-9/h1-6H,7H2. The fourth-order valence-electron chi connectivity index (χ4n) is 1.62. The maximum Gasteiger partial charge on any atom is 0.0524 e. The Balaban J connectivity index is 2.60. The van der Waals surface area contributed by atoms with Gasteiger partial charge in [0, 0.05) is 20.9 Å². The van der Waals surface area contributed by atoms with Gasteiger partial charge < -0.3 is 0 Å². The number of alkyl halides is 1. The molecule has 2 aromatic carbocycles. The van der Waals surface area contributed by atoms with Gasteiger partial charge >= 0.3 is 0 Å². The first-order valence-electron chi connectivity index (χ1n) is 4.91. The number of hydrogen-bond acceptors (Lipinski definition) is 0. The minimum absolute atomic E-state index is 0.604. The predicted octanol–water partition coefficient (Wildman–Crippen LogP) is 6.21. The summed E-state index contributed by atoms with van der Waals surface area (Å²) >= 11 is 21.7. The molecule has 0 saturated heterocycles. The topological polar surface area (TPSA) is 0 Å². The van der Waals surface area contributed by atoms with Crippen LogP contribution >= 0.6 is 50.7 Å². The molecule has 0 bridgehead atoms. The molecule has 0 aromatic heterocycles. The van der Waals surface area contributed by atoms with E-state index in [1.807, 2.05) is 30.3 Å². The highest BCUT2D eigenvalue weighted by Gasteiger charge is 2.08. The molecule has 0 radical (unpaired) electrons. The lowest BCUT2D eigenvalue weighted by Crippen LogP contribution is -1.85. The van der Waals surface area contributed by atoms with Gasteiger partial charge in [-0.25, -0.2) is 0 Å². The van der Waals surface area contributed by atoms with Crippen molar-refractivity contribution >= 4 is 50.7 Å². The lowest BCUT2D eigenvalue weighted by Gasteiger charge is -2.09. The average molecular weight is 350 g/mol. The Hall–Kier alpha value is -0.210. The van der Waals surface area contributed by atoms with Crippen LogP contribution in [-0.4, -0.2) is 0 Å². The van der Waals surface area contributed by atoms with Gasteiger partial charge in [0.1, 0.15) is 0 Å². The lowest BCUT2D eigenvalue weighted by molar-refractivity contribution is 1.43. The molecule has 0 fully saturated rings. The molecule has 0 heterocycles. The van der Waals surface area contributed by atoms with Crippen molar-refractivity contribution in [1.29, 1.82) is 0 Å². The third kappa shape index (κ3) is 2.97. The second kappa shape index (κ2) is 5.62. The number of halogens is 4. The molecule has 0 amide bonds. The molecule has 0 nitrogen and oxygen atoms in total. The fraction of sp³-hybridized carbons (Fsp3) is 0.0769. The van der Waals surface area contributed by atoms with Crippen molar-refractivity contribution in [1.82, 2.24) is 0 Å². The first kappa shape index (κ1) is 13.2. The van der Waals surface area contributed by atoms with Gasteiger partial charge in [0.25, 0.3) is 0 Å². The van der Waals surface area contributed by atoms with Crippen molar-refractivity contribution in [3.8, 4) is 11.1 Å². The molecule has 0 atom stereocenters. The van der Waals surface area contributed by atoms with Crippen molar-refractivity contribution in [2.75, 3.05) is 0 Å². The van der Waals surface area contributed by atoms with E-state index >= 15 is 0 Å². The summed E-state index contributed by atoms with van der Waals surface area (Å²) in [5, 5.41) is 2.65. The first-order chi connectivity index (χ1) is 8.11. The Kier molecular flexibility index (Phi) is 4.37. The third-order valence-electron chi connectivity index (χ3n) is 2.40. The van der Waals surface area contributed by atoms with Gasteiger partial charge in [0.2, 0.25) is 0 Å². The van der Waals surface area contributed by atoms with Crippen molar-refractivity contribution in [3.05, 3.63) is 57.0 Å². The molecule has 0 saturated carbocycles. The minimum atomic E-state index is 0.604. The van der Waals surface area contributed by atoms with Crippen LogP contribution in [-0.2, 0) is 5.33 Å². The summed E-state index contributed by atoms with van der Waals surface area (Å²) in [6.07, 6.45) is 0. The highest BCUT2D eigenvalue weighted by atomic mass is 79.9. The van der Waals surface area contributed by atoms with Crippen LogP contribution in [0.4, 0.5) is 0 Å². The zero-order valence-corrected chi connectivity index (χ0v) is 12.5. The van der Waals surface area contributed by atoms with Crippen LogP contribution < -0.4 is 0 Å². The van der Waals surface area contributed by atoms with E-state index in [0.717, 1.165) is 21.7 Å². The van der Waals surface area contributed by atoms with Crippen LogP contribution in [0.3, 0.4) is 0 Å². The normalized spacial score (nSPS) is 10.6. The van der Waals surface area contributed by atoms with Crippen LogP contribution in [0.2, 0.25) is 15.1 Å². The van der Waals surface area contributed by atoms with Gasteiger partial charge in [-0.05, 0) is 29.3 Å². The van der Waals surface area contributed by atoms with Crippen LogP contribution in [0, 0.1) is 0 Å². The van der Waals surface area contributed by atoms with E-state index in [0.29, 0.717) is 15.4 Å². The minimum Gasteiger partial charge on any atom is -0.0876 e. The zero-order chi connectivity index (χ0) is 12.4. The molecule has 88 valence electrons. The van der Waals surface area contributed by atoms with Crippen LogP contribution in [0.15, 0.2) is 36.4 Å². The molecule has 4 heteroatoms. The smallest absolute Gasteiger partial charge is 0.0524 e. The first-order valence-corrected chi connectivity index (χ1v) is 7.17. The average Bonchev–Trinajstić information content (AvgIpc) is 2.28. The molecule has 17 heavy (non-hydrogen) atoms. The Morgan fingerprint density at radius 3 is 2.18 bits per heavy atom.